The Hall–Kier alpha value is -1.06. The fraction of sp³-hybridized carbons (Fsp3) is 0.533. The molecular formula is C15H21ClN2O. The first kappa shape index (κ1) is 14.4. The number of rotatable bonds is 3. The molecule has 0 aliphatic heterocycles. The summed E-state index contributed by atoms with van der Waals surface area (Å²) in [6.45, 7) is 2.64. The first-order chi connectivity index (χ1) is 9.09. The van der Waals surface area contributed by atoms with Gasteiger partial charge in [0.25, 0.3) is 5.91 Å². The van der Waals surface area contributed by atoms with Crippen molar-refractivity contribution in [2.75, 3.05) is 6.54 Å². The summed E-state index contributed by atoms with van der Waals surface area (Å²) in [5, 5.41) is 3.62. The normalized spacial score (nSPS) is 27.0. The van der Waals surface area contributed by atoms with Gasteiger partial charge in [-0.2, -0.15) is 0 Å². The second-order valence-electron chi connectivity index (χ2n) is 5.44. The Morgan fingerprint density at radius 2 is 2.21 bits per heavy atom. The molecule has 19 heavy (non-hydrogen) atoms. The van der Waals surface area contributed by atoms with E-state index in [1.54, 1.807) is 12.1 Å². The smallest absolute Gasteiger partial charge is 0.253 e. The van der Waals surface area contributed by atoms with Gasteiger partial charge < -0.3 is 11.1 Å². The van der Waals surface area contributed by atoms with E-state index in [-0.39, 0.29) is 11.4 Å². The van der Waals surface area contributed by atoms with Crippen molar-refractivity contribution in [3.63, 3.8) is 0 Å². The van der Waals surface area contributed by atoms with E-state index < -0.39 is 0 Å². The number of hydrogen-bond donors (Lipinski definition) is 2. The van der Waals surface area contributed by atoms with Crippen LogP contribution in [0.3, 0.4) is 0 Å². The first-order valence-corrected chi connectivity index (χ1v) is 7.24. The molecule has 104 valence electrons. The Balaban J connectivity index is 2.19. The monoisotopic (exact) mass is 280 g/mol. The largest absolute Gasteiger partial charge is 0.345 e. The fourth-order valence-electron chi connectivity index (χ4n) is 2.89. The second kappa shape index (κ2) is 5.93. The maximum absolute atomic E-state index is 12.4. The highest BCUT2D eigenvalue weighted by atomic mass is 35.5. The molecule has 1 aliphatic rings. The van der Waals surface area contributed by atoms with Crippen LogP contribution >= 0.6 is 11.6 Å². The third-order valence-corrected chi connectivity index (χ3v) is 4.63. The van der Waals surface area contributed by atoms with Gasteiger partial charge in [-0.3, -0.25) is 4.79 Å². The summed E-state index contributed by atoms with van der Waals surface area (Å²) < 4.78 is 0. The van der Waals surface area contributed by atoms with Gasteiger partial charge in [0.2, 0.25) is 0 Å². The van der Waals surface area contributed by atoms with Crippen LogP contribution in [0, 0.1) is 5.92 Å². The number of nitrogens with two attached hydrogens (primary N) is 1. The molecule has 0 radical (unpaired) electrons. The Bertz CT molecular complexity index is 463. The van der Waals surface area contributed by atoms with E-state index in [0.717, 1.165) is 19.3 Å². The number of hydrogen-bond acceptors (Lipinski definition) is 2. The van der Waals surface area contributed by atoms with E-state index in [1.165, 1.54) is 6.42 Å². The molecule has 1 saturated carbocycles. The minimum atomic E-state index is -0.283. The summed E-state index contributed by atoms with van der Waals surface area (Å²) in [7, 11) is 0. The summed E-state index contributed by atoms with van der Waals surface area (Å²) in [6.07, 6.45) is 4.39. The summed E-state index contributed by atoms with van der Waals surface area (Å²) in [5.74, 6) is 0.280. The van der Waals surface area contributed by atoms with E-state index in [9.17, 15) is 4.79 Å². The second-order valence-corrected chi connectivity index (χ2v) is 5.85. The average Bonchev–Trinajstić information content (AvgIpc) is 2.42. The lowest BCUT2D eigenvalue weighted by molar-refractivity contribution is 0.0813. The van der Waals surface area contributed by atoms with Gasteiger partial charge in [0.1, 0.15) is 0 Å². The lowest BCUT2D eigenvalue weighted by Gasteiger charge is -2.42. The molecule has 0 bridgehead atoms. The van der Waals surface area contributed by atoms with Crippen LogP contribution in [0.4, 0.5) is 0 Å². The predicted octanol–water partition coefficient (Wildman–Crippen LogP) is 2.98. The third-order valence-electron chi connectivity index (χ3n) is 4.30. The number of carbonyl (C=O) groups is 1. The molecule has 1 amide bonds. The van der Waals surface area contributed by atoms with Crippen LogP contribution in [0.2, 0.25) is 5.02 Å². The Kier molecular flexibility index (Phi) is 4.48. The van der Waals surface area contributed by atoms with Crippen molar-refractivity contribution in [3.05, 3.63) is 34.9 Å². The van der Waals surface area contributed by atoms with Crippen molar-refractivity contribution in [2.24, 2.45) is 11.7 Å². The number of nitrogens with one attached hydrogen (secondary N) is 1. The number of carbonyl (C=O) groups excluding carboxylic acids is 1. The zero-order valence-corrected chi connectivity index (χ0v) is 12.0. The van der Waals surface area contributed by atoms with Crippen molar-refractivity contribution in [2.45, 2.75) is 38.1 Å². The van der Waals surface area contributed by atoms with Crippen LogP contribution in [-0.4, -0.2) is 18.0 Å². The summed E-state index contributed by atoms with van der Waals surface area (Å²) >= 11 is 6.07. The van der Waals surface area contributed by atoms with Gasteiger partial charge in [0, 0.05) is 6.54 Å². The fourth-order valence-corrected chi connectivity index (χ4v) is 3.11. The molecule has 3 nitrogen and oxygen atoms in total. The van der Waals surface area contributed by atoms with Gasteiger partial charge in [0.05, 0.1) is 16.1 Å². The molecule has 0 spiro atoms. The molecule has 1 aromatic rings. The van der Waals surface area contributed by atoms with Crippen LogP contribution in [0.15, 0.2) is 24.3 Å². The molecule has 0 aromatic heterocycles. The van der Waals surface area contributed by atoms with Gasteiger partial charge in [-0.25, -0.2) is 0 Å². The SMILES string of the molecule is CC1CCCCC1(CN)NC(=O)c1ccccc1Cl. The summed E-state index contributed by atoms with van der Waals surface area (Å²) in [4.78, 5) is 12.4. The topological polar surface area (TPSA) is 55.1 Å². The number of benzene rings is 1. The lowest BCUT2D eigenvalue weighted by atomic mass is 9.73. The lowest BCUT2D eigenvalue weighted by Crippen LogP contribution is -2.59. The first-order valence-electron chi connectivity index (χ1n) is 6.86. The van der Waals surface area contributed by atoms with E-state index >= 15 is 0 Å². The molecule has 3 N–H and O–H groups in total. The zero-order chi connectivity index (χ0) is 13.9. The molecule has 4 heteroatoms. The van der Waals surface area contributed by atoms with Crippen LogP contribution < -0.4 is 11.1 Å². The van der Waals surface area contributed by atoms with Gasteiger partial charge >= 0.3 is 0 Å². The number of amides is 1. The molecule has 1 fully saturated rings. The molecule has 0 saturated heterocycles. The number of halogens is 1. The minimum Gasteiger partial charge on any atom is -0.345 e. The van der Waals surface area contributed by atoms with Gasteiger partial charge in [0.15, 0.2) is 0 Å². The standard InChI is InChI=1S/C15H21ClN2O/c1-11-6-4-5-9-15(11,10-17)18-14(19)12-7-2-3-8-13(12)16/h2-3,7-8,11H,4-6,9-10,17H2,1H3,(H,18,19). The van der Waals surface area contributed by atoms with Crippen LogP contribution in [0.1, 0.15) is 43.0 Å². The predicted molar refractivity (Wildman–Crippen MR) is 78.3 cm³/mol. The van der Waals surface area contributed by atoms with E-state index in [1.807, 2.05) is 12.1 Å². The van der Waals surface area contributed by atoms with Crippen molar-refractivity contribution >= 4 is 17.5 Å². The molecule has 2 rings (SSSR count). The van der Waals surface area contributed by atoms with Crippen molar-refractivity contribution < 1.29 is 4.79 Å². The molecule has 1 aliphatic carbocycles. The van der Waals surface area contributed by atoms with Gasteiger partial charge in [-0.15, -0.1) is 0 Å². The molecule has 2 unspecified atom stereocenters. The molecule has 2 atom stereocenters. The quantitative estimate of drug-likeness (QED) is 0.894. The van der Waals surface area contributed by atoms with Crippen molar-refractivity contribution in [3.8, 4) is 0 Å². The highest BCUT2D eigenvalue weighted by Crippen LogP contribution is 2.33. The Labute approximate surface area is 119 Å². The van der Waals surface area contributed by atoms with Crippen LogP contribution in [-0.2, 0) is 0 Å². The highest BCUT2D eigenvalue weighted by Gasteiger charge is 2.38. The van der Waals surface area contributed by atoms with Crippen molar-refractivity contribution in [1.29, 1.82) is 0 Å². The zero-order valence-electron chi connectivity index (χ0n) is 11.3. The van der Waals surface area contributed by atoms with E-state index in [0.29, 0.717) is 23.0 Å². The van der Waals surface area contributed by atoms with Gasteiger partial charge in [-0.1, -0.05) is 43.5 Å². The summed E-state index contributed by atoms with van der Waals surface area (Å²) in [6, 6.07) is 7.12. The molecule has 0 heterocycles. The van der Waals surface area contributed by atoms with Crippen LogP contribution in [0.5, 0.6) is 0 Å². The van der Waals surface area contributed by atoms with E-state index in [2.05, 4.69) is 12.2 Å². The highest BCUT2D eigenvalue weighted by molar-refractivity contribution is 6.33. The molecular weight excluding hydrogens is 260 g/mol. The summed E-state index contributed by atoms with van der Waals surface area (Å²) in [5.41, 5.74) is 6.19. The maximum Gasteiger partial charge on any atom is 0.253 e. The minimum absolute atomic E-state index is 0.121. The Morgan fingerprint density at radius 1 is 1.47 bits per heavy atom. The molecule has 1 aromatic carbocycles. The van der Waals surface area contributed by atoms with E-state index in [4.69, 9.17) is 17.3 Å². The Morgan fingerprint density at radius 3 is 2.84 bits per heavy atom. The average molecular weight is 281 g/mol. The maximum atomic E-state index is 12.4. The van der Waals surface area contributed by atoms with Crippen molar-refractivity contribution in [1.82, 2.24) is 5.32 Å². The van der Waals surface area contributed by atoms with Gasteiger partial charge in [-0.05, 0) is 30.9 Å². The van der Waals surface area contributed by atoms with Crippen LogP contribution in [0.25, 0.3) is 0 Å². The third kappa shape index (κ3) is 2.93.